The molecule has 2 aromatic rings. The zero-order chi connectivity index (χ0) is 17.7. The molecule has 0 atom stereocenters. The number of aryl methyl sites for hydroxylation is 1. The molecule has 0 unspecified atom stereocenters. The quantitative estimate of drug-likeness (QED) is 0.843. The number of carboxylic acids is 1. The molecule has 0 aliphatic heterocycles. The normalized spacial score (nSPS) is 11.3. The first-order valence-corrected chi connectivity index (χ1v) is 7.72. The fourth-order valence-electron chi connectivity index (χ4n) is 1.98. The molecule has 1 amide bonds. The molecule has 0 spiro atoms. The lowest BCUT2D eigenvalue weighted by molar-refractivity contribution is -0.116. The summed E-state index contributed by atoms with van der Waals surface area (Å²) in [6, 6.07) is 6.03. The van der Waals surface area contributed by atoms with Gasteiger partial charge in [0.05, 0.1) is 5.56 Å². The number of carboxylic acid groups (broad SMARTS) is 1. The summed E-state index contributed by atoms with van der Waals surface area (Å²) in [6.45, 7) is 6.01. The number of hydrogen-bond donors (Lipinski definition) is 2. The van der Waals surface area contributed by atoms with E-state index in [2.05, 4.69) is 15.5 Å². The van der Waals surface area contributed by atoms with Gasteiger partial charge in [0.2, 0.25) is 11.8 Å². The van der Waals surface area contributed by atoms with Crippen LogP contribution in [0.4, 0.5) is 5.69 Å². The lowest BCUT2D eigenvalue weighted by Crippen LogP contribution is -2.13. The fraction of sp³-hybridized carbons (Fsp3) is 0.412. The molecule has 2 rings (SSSR count). The zero-order valence-corrected chi connectivity index (χ0v) is 14.0. The summed E-state index contributed by atoms with van der Waals surface area (Å²) >= 11 is 0. The number of amides is 1. The van der Waals surface area contributed by atoms with Gasteiger partial charge in [0.1, 0.15) is 0 Å². The first kappa shape index (κ1) is 17.7. The van der Waals surface area contributed by atoms with Crippen molar-refractivity contribution in [3.05, 3.63) is 41.5 Å². The Morgan fingerprint density at radius 1 is 1.21 bits per heavy atom. The first-order chi connectivity index (χ1) is 11.3. The number of aromatic carboxylic acids is 1. The van der Waals surface area contributed by atoms with E-state index in [0.717, 1.165) is 0 Å². The summed E-state index contributed by atoms with van der Waals surface area (Å²) in [6.07, 6.45) is 1.44. The maximum absolute atomic E-state index is 11.9. The van der Waals surface area contributed by atoms with Crippen molar-refractivity contribution in [2.24, 2.45) is 0 Å². The minimum atomic E-state index is -0.998. The Labute approximate surface area is 140 Å². The van der Waals surface area contributed by atoms with Gasteiger partial charge in [0.15, 0.2) is 5.82 Å². The van der Waals surface area contributed by atoms with Crippen LogP contribution in [-0.4, -0.2) is 27.1 Å². The van der Waals surface area contributed by atoms with Crippen molar-refractivity contribution in [1.82, 2.24) is 10.1 Å². The van der Waals surface area contributed by atoms with E-state index < -0.39 is 5.97 Å². The van der Waals surface area contributed by atoms with E-state index in [9.17, 15) is 9.59 Å². The summed E-state index contributed by atoms with van der Waals surface area (Å²) in [7, 11) is 0. The van der Waals surface area contributed by atoms with Gasteiger partial charge in [-0.25, -0.2) is 4.79 Å². The van der Waals surface area contributed by atoms with Crippen molar-refractivity contribution in [3.63, 3.8) is 0 Å². The van der Waals surface area contributed by atoms with E-state index in [1.807, 2.05) is 20.8 Å². The summed E-state index contributed by atoms with van der Waals surface area (Å²) < 4.78 is 5.18. The Hall–Kier alpha value is -2.70. The number of hydrogen-bond acceptors (Lipinski definition) is 5. The third-order valence-electron chi connectivity index (χ3n) is 3.35. The van der Waals surface area contributed by atoms with Gasteiger partial charge in [-0.15, -0.1) is 0 Å². The minimum absolute atomic E-state index is 0.145. The van der Waals surface area contributed by atoms with E-state index in [1.54, 1.807) is 12.1 Å². The number of nitrogens with zero attached hydrogens (tertiary/aromatic N) is 2. The Kier molecular flexibility index (Phi) is 5.33. The molecular formula is C17H21N3O4. The second-order valence-electron chi connectivity index (χ2n) is 6.55. The Bertz CT molecular complexity index is 714. The number of carbonyl (C=O) groups is 2. The number of nitrogens with one attached hydrogen (secondary N) is 1. The van der Waals surface area contributed by atoms with Crippen molar-refractivity contribution in [2.75, 3.05) is 5.32 Å². The van der Waals surface area contributed by atoms with Gasteiger partial charge < -0.3 is 14.9 Å². The second kappa shape index (κ2) is 7.25. The first-order valence-electron chi connectivity index (χ1n) is 7.72. The van der Waals surface area contributed by atoms with Crippen LogP contribution in [0.1, 0.15) is 55.7 Å². The van der Waals surface area contributed by atoms with Crippen molar-refractivity contribution in [3.8, 4) is 0 Å². The summed E-state index contributed by atoms with van der Waals surface area (Å²) in [5.74, 6) is 0.0368. The smallest absolute Gasteiger partial charge is 0.335 e. The van der Waals surface area contributed by atoms with Gasteiger partial charge in [-0.05, 0) is 30.7 Å². The predicted molar refractivity (Wildman–Crippen MR) is 88.0 cm³/mol. The highest BCUT2D eigenvalue weighted by molar-refractivity contribution is 5.92. The lowest BCUT2D eigenvalue weighted by atomic mass is 9.96. The number of aromatic nitrogens is 2. The number of benzene rings is 1. The molecule has 0 fully saturated rings. The van der Waals surface area contributed by atoms with E-state index >= 15 is 0 Å². The Morgan fingerprint density at radius 2 is 1.88 bits per heavy atom. The molecule has 0 radical (unpaired) electrons. The second-order valence-corrected chi connectivity index (χ2v) is 6.55. The van der Waals surface area contributed by atoms with E-state index in [4.69, 9.17) is 9.63 Å². The third-order valence-corrected chi connectivity index (χ3v) is 3.35. The number of rotatable bonds is 6. The standard InChI is InChI=1S/C17H21N3O4/c1-17(2,3)16-19-14(24-20-16)6-4-5-13(21)18-12-9-7-11(8-10-12)15(22)23/h7-10H,4-6H2,1-3H3,(H,18,21)(H,22,23). The van der Waals surface area contributed by atoms with Crippen molar-refractivity contribution in [2.45, 2.75) is 45.4 Å². The molecule has 0 aliphatic carbocycles. The molecule has 24 heavy (non-hydrogen) atoms. The van der Waals surface area contributed by atoms with Crippen LogP contribution in [0.25, 0.3) is 0 Å². The van der Waals surface area contributed by atoms with E-state index in [0.29, 0.717) is 36.7 Å². The average molecular weight is 331 g/mol. The largest absolute Gasteiger partial charge is 0.478 e. The van der Waals surface area contributed by atoms with Crippen LogP contribution in [-0.2, 0) is 16.6 Å². The van der Waals surface area contributed by atoms with Gasteiger partial charge in [0, 0.05) is 23.9 Å². The highest BCUT2D eigenvalue weighted by atomic mass is 16.5. The maximum Gasteiger partial charge on any atom is 0.335 e. The maximum atomic E-state index is 11.9. The molecular weight excluding hydrogens is 310 g/mol. The van der Waals surface area contributed by atoms with Crippen LogP contribution in [0.3, 0.4) is 0 Å². The molecule has 7 heteroatoms. The average Bonchev–Trinajstić information content (AvgIpc) is 2.97. The molecule has 0 saturated heterocycles. The molecule has 1 heterocycles. The molecule has 2 N–H and O–H groups in total. The highest BCUT2D eigenvalue weighted by Crippen LogP contribution is 2.19. The molecule has 0 aliphatic rings. The summed E-state index contributed by atoms with van der Waals surface area (Å²) in [4.78, 5) is 27.0. The van der Waals surface area contributed by atoms with Crippen LogP contribution < -0.4 is 5.32 Å². The fourth-order valence-corrected chi connectivity index (χ4v) is 1.98. The number of carbonyl (C=O) groups excluding carboxylic acids is 1. The van der Waals surface area contributed by atoms with Crippen LogP contribution >= 0.6 is 0 Å². The van der Waals surface area contributed by atoms with Crippen molar-refractivity contribution < 1.29 is 19.2 Å². The summed E-state index contributed by atoms with van der Waals surface area (Å²) in [5, 5.41) is 15.5. The van der Waals surface area contributed by atoms with Gasteiger partial charge >= 0.3 is 5.97 Å². The van der Waals surface area contributed by atoms with Gasteiger partial charge in [-0.2, -0.15) is 4.98 Å². The van der Waals surface area contributed by atoms with Crippen molar-refractivity contribution >= 4 is 17.6 Å². The monoisotopic (exact) mass is 331 g/mol. The van der Waals surface area contributed by atoms with Crippen molar-refractivity contribution in [1.29, 1.82) is 0 Å². The topological polar surface area (TPSA) is 105 Å². The molecule has 0 bridgehead atoms. The lowest BCUT2D eigenvalue weighted by Gasteiger charge is -2.10. The van der Waals surface area contributed by atoms with E-state index in [-0.39, 0.29) is 16.9 Å². The minimum Gasteiger partial charge on any atom is -0.478 e. The molecule has 7 nitrogen and oxygen atoms in total. The van der Waals surface area contributed by atoms with Crippen LogP contribution in [0.5, 0.6) is 0 Å². The third kappa shape index (κ3) is 4.91. The molecule has 0 saturated carbocycles. The van der Waals surface area contributed by atoms with Gasteiger partial charge in [0.25, 0.3) is 0 Å². The van der Waals surface area contributed by atoms with Crippen LogP contribution in [0, 0.1) is 0 Å². The van der Waals surface area contributed by atoms with Crippen LogP contribution in [0.2, 0.25) is 0 Å². The molecule has 128 valence electrons. The SMILES string of the molecule is CC(C)(C)c1noc(CCCC(=O)Nc2ccc(C(=O)O)cc2)n1. The predicted octanol–water partition coefficient (Wildman–Crippen LogP) is 3.03. The Morgan fingerprint density at radius 3 is 2.42 bits per heavy atom. The summed E-state index contributed by atoms with van der Waals surface area (Å²) in [5.41, 5.74) is 0.582. The zero-order valence-electron chi connectivity index (χ0n) is 14.0. The Balaban J connectivity index is 1.79. The molecule has 1 aromatic heterocycles. The van der Waals surface area contributed by atoms with Crippen LogP contribution in [0.15, 0.2) is 28.8 Å². The van der Waals surface area contributed by atoms with Gasteiger partial charge in [-0.1, -0.05) is 25.9 Å². The highest BCUT2D eigenvalue weighted by Gasteiger charge is 2.20. The van der Waals surface area contributed by atoms with Gasteiger partial charge in [-0.3, -0.25) is 4.79 Å². The number of anilines is 1. The van der Waals surface area contributed by atoms with E-state index in [1.165, 1.54) is 12.1 Å². The molecule has 1 aromatic carbocycles.